The van der Waals surface area contributed by atoms with Crippen LogP contribution in [0.25, 0.3) is 0 Å². The van der Waals surface area contributed by atoms with Crippen molar-refractivity contribution in [2.45, 2.75) is 24.5 Å². The number of ether oxygens (including phenoxy) is 1. The van der Waals surface area contributed by atoms with E-state index in [2.05, 4.69) is 0 Å². The fraction of sp³-hybridized carbons (Fsp3) is 0.312. The second-order valence-electron chi connectivity index (χ2n) is 5.58. The van der Waals surface area contributed by atoms with Gasteiger partial charge in [0.05, 0.1) is 6.61 Å². The molecule has 1 saturated heterocycles. The number of aliphatic hydroxyl groups is 3. The minimum absolute atomic E-state index is 0.139. The third-order valence-electron chi connectivity index (χ3n) is 4.03. The monoisotopic (exact) mass is 348 g/mol. The zero-order valence-corrected chi connectivity index (χ0v) is 12.9. The number of hydrogen-bond donors (Lipinski definition) is 3. The first-order valence-corrected chi connectivity index (χ1v) is 7.52. The van der Waals surface area contributed by atoms with Crippen LogP contribution in [0, 0.1) is 0 Å². The molecular formula is C16H16N2O7. The molecule has 1 aliphatic heterocycles. The van der Waals surface area contributed by atoms with Crippen LogP contribution < -0.4 is 11.2 Å². The molecule has 4 atom stereocenters. The van der Waals surface area contributed by atoms with Gasteiger partial charge < -0.3 is 20.1 Å². The van der Waals surface area contributed by atoms with Crippen LogP contribution >= 0.6 is 0 Å². The van der Waals surface area contributed by atoms with E-state index < -0.39 is 48.3 Å². The molecule has 1 fully saturated rings. The molecule has 9 nitrogen and oxygen atoms in total. The number of aliphatic hydroxyl groups excluding tert-OH is 3. The number of aromatic nitrogens is 2. The number of nitrogens with zero attached hydrogens (tertiary/aromatic N) is 2. The van der Waals surface area contributed by atoms with E-state index in [4.69, 9.17) is 9.84 Å². The second-order valence-corrected chi connectivity index (χ2v) is 5.58. The molecule has 2 aromatic rings. The van der Waals surface area contributed by atoms with Crippen LogP contribution in [0.4, 0.5) is 0 Å². The molecule has 0 aliphatic carbocycles. The number of hydrogen-bond acceptors (Lipinski definition) is 7. The van der Waals surface area contributed by atoms with E-state index in [1.807, 2.05) is 0 Å². The lowest BCUT2D eigenvalue weighted by atomic mass is 10.1. The fourth-order valence-corrected chi connectivity index (χ4v) is 2.69. The molecule has 25 heavy (non-hydrogen) atoms. The van der Waals surface area contributed by atoms with Crippen LogP contribution in [0.5, 0.6) is 0 Å². The summed E-state index contributed by atoms with van der Waals surface area (Å²) in [5.74, 6) is -0.823. The molecule has 0 radical (unpaired) electrons. The van der Waals surface area contributed by atoms with Crippen LogP contribution in [0.15, 0.2) is 52.2 Å². The molecule has 0 bridgehead atoms. The quantitative estimate of drug-likeness (QED) is 0.603. The molecule has 1 aliphatic rings. The molecular weight excluding hydrogens is 332 g/mol. The summed E-state index contributed by atoms with van der Waals surface area (Å²) in [5, 5.41) is 29.0. The average Bonchev–Trinajstić information content (AvgIpc) is 2.90. The van der Waals surface area contributed by atoms with Crippen LogP contribution in [-0.4, -0.2) is 55.3 Å². The van der Waals surface area contributed by atoms with Crippen LogP contribution in [0.1, 0.15) is 16.6 Å². The minimum atomic E-state index is -1.51. The Hall–Kier alpha value is -2.59. The lowest BCUT2D eigenvalue weighted by molar-refractivity contribution is -0.0554. The summed E-state index contributed by atoms with van der Waals surface area (Å²) < 4.78 is 6.53. The largest absolute Gasteiger partial charge is 0.394 e. The van der Waals surface area contributed by atoms with Gasteiger partial charge in [0, 0.05) is 17.8 Å². The molecule has 3 N–H and O–H groups in total. The van der Waals surface area contributed by atoms with E-state index in [0.29, 0.717) is 4.57 Å². The van der Waals surface area contributed by atoms with Crippen molar-refractivity contribution in [1.29, 1.82) is 0 Å². The van der Waals surface area contributed by atoms with E-state index in [0.717, 1.165) is 16.8 Å². The van der Waals surface area contributed by atoms with E-state index in [-0.39, 0.29) is 5.56 Å². The molecule has 0 amide bonds. The molecule has 1 aromatic carbocycles. The van der Waals surface area contributed by atoms with E-state index in [9.17, 15) is 24.6 Å². The van der Waals surface area contributed by atoms with Crippen molar-refractivity contribution in [3.8, 4) is 0 Å². The summed E-state index contributed by atoms with van der Waals surface area (Å²) in [4.78, 5) is 37.1. The summed E-state index contributed by atoms with van der Waals surface area (Å²) in [6.07, 6.45) is -4.27. The highest BCUT2D eigenvalue weighted by atomic mass is 16.6. The molecule has 0 saturated carbocycles. The Morgan fingerprint density at radius 1 is 1.08 bits per heavy atom. The summed E-state index contributed by atoms with van der Waals surface area (Å²) in [5.41, 5.74) is -1.71. The lowest BCUT2D eigenvalue weighted by Crippen LogP contribution is -2.46. The van der Waals surface area contributed by atoms with E-state index in [1.54, 1.807) is 18.2 Å². The van der Waals surface area contributed by atoms with Gasteiger partial charge in [-0.05, 0) is 12.1 Å². The maximum absolute atomic E-state index is 12.6. The number of carbonyl (C=O) groups excluding carboxylic acids is 1. The minimum Gasteiger partial charge on any atom is -0.394 e. The molecule has 132 valence electrons. The second kappa shape index (κ2) is 6.73. The molecule has 1 aromatic heterocycles. The first-order valence-electron chi connectivity index (χ1n) is 7.52. The Labute approximate surface area is 141 Å². The maximum Gasteiger partial charge on any atom is 0.340 e. The maximum atomic E-state index is 12.6. The van der Waals surface area contributed by atoms with Crippen LogP contribution in [-0.2, 0) is 4.74 Å². The first kappa shape index (κ1) is 17.2. The topological polar surface area (TPSA) is 131 Å². The first-order chi connectivity index (χ1) is 12.0. The Kier molecular flexibility index (Phi) is 4.64. The Morgan fingerprint density at radius 2 is 1.76 bits per heavy atom. The molecule has 4 unspecified atom stereocenters. The molecule has 0 spiro atoms. The summed E-state index contributed by atoms with van der Waals surface area (Å²) in [7, 11) is 0. The fourth-order valence-electron chi connectivity index (χ4n) is 2.69. The summed E-state index contributed by atoms with van der Waals surface area (Å²) in [6, 6.07) is 8.76. The van der Waals surface area contributed by atoms with Gasteiger partial charge in [-0.1, -0.05) is 18.2 Å². The van der Waals surface area contributed by atoms with Gasteiger partial charge in [0.15, 0.2) is 6.23 Å². The highest BCUT2D eigenvalue weighted by Crippen LogP contribution is 2.27. The summed E-state index contributed by atoms with van der Waals surface area (Å²) >= 11 is 0. The zero-order chi connectivity index (χ0) is 18.1. The molecule has 9 heteroatoms. The van der Waals surface area contributed by atoms with Crippen molar-refractivity contribution in [3.05, 3.63) is 69.0 Å². The third-order valence-corrected chi connectivity index (χ3v) is 4.03. The van der Waals surface area contributed by atoms with Crippen molar-refractivity contribution >= 4 is 5.91 Å². The predicted octanol–water partition coefficient (Wildman–Crippen LogP) is -1.69. The van der Waals surface area contributed by atoms with Gasteiger partial charge in [-0.2, -0.15) is 4.57 Å². The van der Waals surface area contributed by atoms with Gasteiger partial charge >= 0.3 is 5.69 Å². The normalized spacial score (nSPS) is 25.9. The van der Waals surface area contributed by atoms with Gasteiger partial charge in [-0.25, -0.2) is 4.79 Å². The van der Waals surface area contributed by atoms with Gasteiger partial charge in [-0.15, -0.1) is 0 Å². The summed E-state index contributed by atoms with van der Waals surface area (Å²) in [6.45, 7) is -0.563. The molecule has 3 rings (SSSR count). The van der Waals surface area contributed by atoms with Gasteiger partial charge in [0.2, 0.25) is 0 Å². The van der Waals surface area contributed by atoms with Crippen molar-refractivity contribution in [2.75, 3.05) is 6.61 Å². The standard InChI is InChI=1S/C16H16N2O7/c19-8-10-12(21)13(22)15(25-10)17-7-6-11(20)18(16(17)24)14(23)9-4-2-1-3-5-9/h1-7,10,12-13,15,19,21-22H,8H2. The van der Waals surface area contributed by atoms with E-state index >= 15 is 0 Å². The van der Waals surface area contributed by atoms with Crippen molar-refractivity contribution in [2.24, 2.45) is 0 Å². The van der Waals surface area contributed by atoms with Gasteiger partial charge in [0.1, 0.15) is 18.3 Å². The SMILES string of the molecule is O=C(c1ccccc1)n1c(=O)ccn(C2OC(CO)C(O)C2O)c1=O. The smallest absolute Gasteiger partial charge is 0.340 e. The highest BCUT2D eigenvalue weighted by molar-refractivity contribution is 5.95. The van der Waals surface area contributed by atoms with Gasteiger partial charge in [-0.3, -0.25) is 14.2 Å². The predicted molar refractivity (Wildman–Crippen MR) is 84.1 cm³/mol. The number of rotatable bonds is 3. The Morgan fingerprint density at radius 3 is 2.36 bits per heavy atom. The van der Waals surface area contributed by atoms with Crippen LogP contribution in [0.2, 0.25) is 0 Å². The van der Waals surface area contributed by atoms with Gasteiger partial charge in [0.25, 0.3) is 11.5 Å². The van der Waals surface area contributed by atoms with Crippen molar-refractivity contribution in [3.63, 3.8) is 0 Å². The highest BCUT2D eigenvalue weighted by Gasteiger charge is 2.44. The Balaban J connectivity index is 2.06. The zero-order valence-electron chi connectivity index (χ0n) is 12.9. The lowest BCUT2D eigenvalue weighted by Gasteiger charge is -2.18. The van der Waals surface area contributed by atoms with E-state index in [1.165, 1.54) is 12.1 Å². The number of benzene rings is 1. The van der Waals surface area contributed by atoms with Crippen molar-refractivity contribution < 1.29 is 24.9 Å². The van der Waals surface area contributed by atoms with Crippen molar-refractivity contribution in [1.82, 2.24) is 9.13 Å². The average molecular weight is 348 g/mol. The Bertz CT molecular complexity index is 889. The molecule has 2 heterocycles. The number of carbonyl (C=O) groups is 1. The van der Waals surface area contributed by atoms with Crippen LogP contribution in [0.3, 0.4) is 0 Å². The third kappa shape index (κ3) is 2.94.